The highest BCUT2D eigenvalue weighted by molar-refractivity contribution is 5.39. The number of phenols is 1. The van der Waals surface area contributed by atoms with Crippen LogP contribution in [0.15, 0.2) is 12.1 Å². The van der Waals surface area contributed by atoms with E-state index in [4.69, 9.17) is 5.90 Å². The lowest BCUT2D eigenvalue weighted by Gasteiger charge is -2.24. The van der Waals surface area contributed by atoms with Crippen LogP contribution in [0.3, 0.4) is 0 Å². The van der Waals surface area contributed by atoms with E-state index in [1.54, 1.807) is 13.8 Å². The quantitative estimate of drug-likeness (QED) is 0.759. The molecule has 0 radical (unpaired) electrons. The van der Waals surface area contributed by atoms with Gasteiger partial charge in [-0.25, -0.2) is 14.7 Å². The maximum atomic E-state index is 13.0. The van der Waals surface area contributed by atoms with Gasteiger partial charge in [-0.2, -0.15) is 0 Å². The first-order valence-corrected chi connectivity index (χ1v) is 4.38. The van der Waals surface area contributed by atoms with E-state index in [0.29, 0.717) is 6.07 Å². The van der Waals surface area contributed by atoms with Crippen LogP contribution < -0.4 is 5.90 Å². The van der Waals surface area contributed by atoms with E-state index in [1.807, 2.05) is 0 Å². The van der Waals surface area contributed by atoms with E-state index in [2.05, 4.69) is 4.84 Å². The molecule has 15 heavy (non-hydrogen) atoms. The van der Waals surface area contributed by atoms with Crippen molar-refractivity contribution >= 4 is 0 Å². The molecule has 0 aliphatic rings. The van der Waals surface area contributed by atoms with E-state index in [1.165, 1.54) is 0 Å². The van der Waals surface area contributed by atoms with Crippen LogP contribution in [0.1, 0.15) is 19.4 Å². The van der Waals surface area contributed by atoms with Crippen LogP contribution in [0.5, 0.6) is 5.75 Å². The van der Waals surface area contributed by atoms with Gasteiger partial charge in [-0.15, -0.1) is 0 Å². The van der Waals surface area contributed by atoms with Gasteiger partial charge in [-0.1, -0.05) is 13.8 Å². The Kier molecular flexibility index (Phi) is 3.26. The molecule has 0 saturated heterocycles. The van der Waals surface area contributed by atoms with Gasteiger partial charge in [0.05, 0.1) is 6.61 Å². The predicted octanol–water partition coefficient (Wildman–Crippen LogP) is 1.84. The lowest BCUT2D eigenvalue weighted by atomic mass is 9.85. The lowest BCUT2D eigenvalue weighted by Crippen LogP contribution is -2.26. The first kappa shape index (κ1) is 11.9. The Morgan fingerprint density at radius 1 is 1.40 bits per heavy atom. The van der Waals surface area contributed by atoms with Crippen molar-refractivity contribution in [1.29, 1.82) is 0 Å². The Hall–Kier alpha value is -1.20. The molecule has 0 aromatic heterocycles. The van der Waals surface area contributed by atoms with Gasteiger partial charge < -0.3 is 9.94 Å². The molecule has 0 amide bonds. The van der Waals surface area contributed by atoms with Crippen LogP contribution in [-0.2, 0) is 10.3 Å². The lowest BCUT2D eigenvalue weighted by molar-refractivity contribution is 0.0951. The number of rotatable bonds is 3. The Morgan fingerprint density at radius 3 is 2.53 bits per heavy atom. The average molecular weight is 217 g/mol. The van der Waals surface area contributed by atoms with Crippen molar-refractivity contribution in [1.82, 2.24) is 0 Å². The molecule has 0 aliphatic heterocycles. The molecule has 3 nitrogen and oxygen atoms in total. The smallest absolute Gasteiger partial charge is 0.168 e. The molecule has 0 bridgehead atoms. The summed E-state index contributed by atoms with van der Waals surface area (Å²) in [4.78, 5) is 4.44. The van der Waals surface area contributed by atoms with Crippen molar-refractivity contribution in [2.75, 3.05) is 6.61 Å². The van der Waals surface area contributed by atoms with Crippen LogP contribution in [0, 0.1) is 11.6 Å². The van der Waals surface area contributed by atoms with Crippen LogP contribution in [0.25, 0.3) is 0 Å². The fourth-order valence-electron chi connectivity index (χ4n) is 1.37. The van der Waals surface area contributed by atoms with E-state index >= 15 is 0 Å². The zero-order valence-electron chi connectivity index (χ0n) is 8.55. The number of nitrogens with two attached hydrogens (primary N) is 1. The highest BCUT2D eigenvalue weighted by atomic mass is 19.1. The van der Waals surface area contributed by atoms with Crippen molar-refractivity contribution in [3.63, 3.8) is 0 Å². The SMILES string of the molecule is CC(C)(CON)c1cc(F)cc(F)c1O. The van der Waals surface area contributed by atoms with Crippen molar-refractivity contribution in [3.8, 4) is 5.75 Å². The minimum absolute atomic E-state index is 0.0451. The zero-order chi connectivity index (χ0) is 11.6. The summed E-state index contributed by atoms with van der Waals surface area (Å²) in [6.45, 7) is 3.37. The van der Waals surface area contributed by atoms with Crippen LogP contribution in [-0.4, -0.2) is 11.7 Å². The van der Waals surface area contributed by atoms with Gasteiger partial charge in [-0.05, 0) is 6.07 Å². The maximum Gasteiger partial charge on any atom is 0.168 e. The highest BCUT2D eigenvalue weighted by Gasteiger charge is 2.26. The summed E-state index contributed by atoms with van der Waals surface area (Å²) in [6.07, 6.45) is 0. The number of phenolic OH excluding ortho intramolecular Hbond substituents is 1. The van der Waals surface area contributed by atoms with Gasteiger partial charge in [-0.3, -0.25) is 0 Å². The third-order valence-corrected chi connectivity index (χ3v) is 2.20. The highest BCUT2D eigenvalue weighted by Crippen LogP contribution is 2.33. The Labute approximate surface area is 86.4 Å². The number of benzene rings is 1. The standard InChI is InChI=1S/C10H13F2NO2/c1-10(2,5-15-13)7-3-6(11)4-8(12)9(7)14/h3-4,14H,5,13H2,1-2H3. The molecule has 3 N–H and O–H groups in total. The molecule has 84 valence electrons. The third-order valence-electron chi connectivity index (χ3n) is 2.20. The van der Waals surface area contributed by atoms with Crippen molar-refractivity contribution < 1.29 is 18.7 Å². The van der Waals surface area contributed by atoms with Gasteiger partial charge >= 0.3 is 0 Å². The molecule has 0 fully saturated rings. The monoisotopic (exact) mass is 217 g/mol. The van der Waals surface area contributed by atoms with E-state index < -0.39 is 22.8 Å². The normalized spacial score (nSPS) is 11.8. The summed E-state index contributed by atoms with van der Waals surface area (Å²) in [6, 6.07) is 1.69. The summed E-state index contributed by atoms with van der Waals surface area (Å²) in [5, 5.41) is 9.45. The molecule has 1 aromatic rings. The molecule has 0 atom stereocenters. The van der Waals surface area contributed by atoms with Gasteiger partial charge in [0.1, 0.15) is 5.82 Å². The molecule has 1 aromatic carbocycles. The Bertz CT molecular complexity index is 367. The van der Waals surface area contributed by atoms with Gasteiger partial charge in [0.15, 0.2) is 11.6 Å². The minimum Gasteiger partial charge on any atom is -0.505 e. The van der Waals surface area contributed by atoms with E-state index in [-0.39, 0.29) is 12.2 Å². The second-order valence-corrected chi connectivity index (χ2v) is 3.98. The van der Waals surface area contributed by atoms with Crippen LogP contribution in [0.4, 0.5) is 8.78 Å². The topological polar surface area (TPSA) is 55.5 Å². The molecule has 5 heteroatoms. The van der Waals surface area contributed by atoms with Crippen molar-refractivity contribution in [3.05, 3.63) is 29.3 Å². The molecular formula is C10H13F2NO2. The largest absolute Gasteiger partial charge is 0.505 e. The number of aromatic hydroxyl groups is 1. The van der Waals surface area contributed by atoms with Gasteiger partial charge in [0.2, 0.25) is 0 Å². The first-order chi connectivity index (χ1) is 6.88. The predicted molar refractivity (Wildman–Crippen MR) is 51.2 cm³/mol. The molecule has 0 heterocycles. The van der Waals surface area contributed by atoms with Crippen molar-refractivity contribution in [2.24, 2.45) is 5.90 Å². The van der Waals surface area contributed by atoms with Gasteiger partial charge in [0.25, 0.3) is 0 Å². The zero-order valence-corrected chi connectivity index (χ0v) is 8.55. The van der Waals surface area contributed by atoms with Crippen LogP contribution >= 0.6 is 0 Å². The second kappa shape index (κ2) is 4.12. The van der Waals surface area contributed by atoms with E-state index in [9.17, 15) is 13.9 Å². The summed E-state index contributed by atoms with van der Waals surface area (Å²) >= 11 is 0. The molecular weight excluding hydrogens is 204 g/mol. The Balaban J connectivity index is 3.24. The summed E-state index contributed by atoms with van der Waals surface area (Å²) < 4.78 is 26.0. The fourth-order valence-corrected chi connectivity index (χ4v) is 1.37. The molecule has 0 unspecified atom stereocenters. The fraction of sp³-hybridized carbons (Fsp3) is 0.400. The number of hydrogen-bond acceptors (Lipinski definition) is 3. The Morgan fingerprint density at radius 2 is 2.00 bits per heavy atom. The molecule has 1 rings (SSSR count). The number of hydrogen-bond donors (Lipinski definition) is 2. The third kappa shape index (κ3) is 2.43. The molecule has 0 spiro atoms. The summed E-state index contributed by atoms with van der Waals surface area (Å²) in [7, 11) is 0. The van der Waals surface area contributed by atoms with Gasteiger partial charge in [0, 0.05) is 17.0 Å². The minimum atomic E-state index is -0.991. The molecule has 0 aliphatic carbocycles. The van der Waals surface area contributed by atoms with Crippen molar-refractivity contribution in [2.45, 2.75) is 19.3 Å². The van der Waals surface area contributed by atoms with E-state index in [0.717, 1.165) is 6.07 Å². The second-order valence-electron chi connectivity index (χ2n) is 3.98. The maximum absolute atomic E-state index is 13.0. The first-order valence-electron chi connectivity index (χ1n) is 4.38. The molecule has 0 saturated carbocycles. The van der Waals surface area contributed by atoms with Crippen LogP contribution in [0.2, 0.25) is 0 Å². The summed E-state index contributed by atoms with van der Waals surface area (Å²) in [5.41, 5.74) is -0.632. The summed E-state index contributed by atoms with van der Waals surface area (Å²) in [5.74, 6) is 2.60. The average Bonchev–Trinajstić information content (AvgIpc) is 2.11. The number of halogens is 2.